The summed E-state index contributed by atoms with van der Waals surface area (Å²) >= 11 is 0. The maximum atomic E-state index is 3.27. The highest BCUT2D eigenvalue weighted by Gasteiger charge is 1.69. The van der Waals surface area contributed by atoms with E-state index in [0.29, 0.717) is 0 Å². The van der Waals surface area contributed by atoms with E-state index in [-0.39, 0.29) is 0 Å². The lowest BCUT2D eigenvalue weighted by atomic mass is 10.4. The van der Waals surface area contributed by atoms with Crippen molar-refractivity contribution in [2.75, 3.05) is 0 Å². The zero-order chi connectivity index (χ0) is 5.11. The molecule has 0 atom stereocenters. The van der Waals surface area contributed by atoms with Crippen molar-refractivity contribution in [1.29, 1.82) is 0 Å². The topological polar surface area (TPSA) is 0 Å². The van der Waals surface area contributed by atoms with Gasteiger partial charge in [0.1, 0.15) is 0 Å². The van der Waals surface area contributed by atoms with Crippen LogP contribution in [0.2, 0.25) is 0 Å². The molecule has 31 valence electrons. The lowest BCUT2D eigenvalue weighted by Crippen LogP contribution is -1.95. The minimum atomic E-state index is 0.947. The maximum Gasteiger partial charge on any atom is 0.0839 e. The van der Waals surface area contributed by atoms with Gasteiger partial charge in [0.15, 0.2) is 0 Å². The second-order valence-corrected chi connectivity index (χ2v) is 1.75. The molecule has 0 aliphatic rings. The van der Waals surface area contributed by atoms with Crippen molar-refractivity contribution in [1.82, 2.24) is 0 Å². The quantitative estimate of drug-likeness (QED) is 0.408. The van der Waals surface area contributed by atoms with Gasteiger partial charge in [-0.15, -0.1) is 0 Å². The van der Waals surface area contributed by atoms with Crippen LogP contribution < -0.4 is 5.19 Å². The van der Waals surface area contributed by atoms with Gasteiger partial charge >= 0.3 is 0 Å². The zero-order valence-electron chi connectivity index (χ0n) is 3.73. The molecule has 7 heavy (non-hydrogen) atoms. The molecule has 1 aromatic carbocycles. The first-order chi connectivity index (χ1) is 3.39. The van der Waals surface area contributed by atoms with E-state index in [1.165, 1.54) is 0 Å². The monoisotopic (exact) mass is 103 g/mol. The third kappa shape index (κ3) is 1.06. The van der Waals surface area contributed by atoms with E-state index in [1.807, 2.05) is 18.2 Å². The average Bonchev–Trinajstić information content (AvgIpc) is 1.69. The molecule has 0 nitrogen and oxygen atoms in total. The molecule has 1 aromatic rings. The molecule has 0 N–H and O–H groups in total. The molecule has 1 rings (SSSR count). The minimum absolute atomic E-state index is 0.947. The highest BCUT2D eigenvalue weighted by atomic mass is 28.1. The number of hydrogen-bond donors (Lipinski definition) is 0. The normalized spacial score (nSPS) is 7.57. The molecule has 0 fully saturated rings. The van der Waals surface area contributed by atoms with Crippen molar-refractivity contribution in [2.24, 2.45) is 0 Å². The van der Waals surface area contributed by atoms with Crippen LogP contribution in [0.1, 0.15) is 0 Å². The Kier molecular flexibility index (Phi) is 1.14. The van der Waals surface area contributed by atoms with E-state index < -0.39 is 0 Å². The van der Waals surface area contributed by atoms with Crippen LogP contribution in [0.3, 0.4) is 0 Å². The molecule has 0 bridgehead atoms. The fourth-order valence-electron chi connectivity index (χ4n) is 0.354. The predicted octanol–water partition coefficient (Wildman–Crippen LogP) is 0.0808. The van der Waals surface area contributed by atoms with E-state index in [1.54, 1.807) is 0 Å². The van der Waals surface area contributed by atoms with E-state index in [9.17, 15) is 0 Å². The first-order valence-corrected chi connectivity index (χ1v) is 2.49. The van der Waals surface area contributed by atoms with Crippen LogP contribution in [0.15, 0.2) is 18.2 Å². The summed E-state index contributed by atoms with van der Waals surface area (Å²) in [4.78, 5) is 0. The van der Waals surface area contributed by atoms with Crippen LogP contribution in [-0.2, 0) is 0 Å². The smallest absolute Gasteiger partial charge is 0.0722 e. The lowest BCUT2D eigenvalue weighted by Gasteiger charge is -1.74. The van der Waals surface area contributed by atoms with E-state index in [4.69, 9.17) is 0 Å². The van der Waals surface area contributed by atoms with Crippen LogP contribution in [-0.4, -0.2) is 10.2 Å². The first-order valence-electron chi connectivity index (χ1n) is 1.99. The number of hydrogen-bond acceptors (Lipinski definition) is 0. The van der Waals surface area contributed by atoms with Crippen LogP contribution in [0.4, 0.5) is 0 Å². The molecular formula is C6H3Si. The summed E-state index contributed by atoms with van der Waals surface area (Å²) in [6.45, 7) is 0. The third-order valence-corrected chi connectivity index (χ3v) is 0.941. The fourth-order valence-corrected chi connectivity index (χ4v) is 0.522. The van der Waals surface area contributed by atoms with E-state index in [0.717, 1.165) is 5.19 Å². The summed E-state index contributed by atoms with van der Waals surface area (Å²) < 4.78 is 0. The third-order valence-electron chi connectivity index (χ3n) is 0.649. The van der Waals surface area contributed by atoms with E-state index in [2.05, 4.69) is 22.4 Å². The Balaban J connectivity index is 3.02. The highest BCUT2D eigenvalue weighted by Crippen LogP contribution is 1.68. The minimum Gasteiger partial charge on any atom is -0.0722 e. The summed E-state index contributed by atoms with van der Waals surface area (Å²) in [6.07, 6.45) is 0. The standard InChI is InChI=1S/C6H3Si/c7-6-4-2-1-3-5-6/h1-2,4H. The molecule has 0 aromatic heterocycles. The predicted molar refractivity (Wildman–Crippen MR) is 29.5 cm³/mol. The largest absolute Gasteiger partial charge is 0.0839 e. The van der Waals surface area contributed by atoms with Gasteiger partial charge in [-0.25, -0.2) is 0 Å². The van der Waals surface area contributed by atoms with Crippen LogP contribution >= 0.6 is 0 Å². The molecule has 1 heteroatoms. The first kappa shape index (κ1) is 4.42. The summed E-state index contributed by atoms with van der Waals surface area (Å²) in [7, 11) is 3.27. The molecule has 0 unspecified atom stereocenters. The van der Waals surface area contributed by atoms with E-state index >= 15 is 0 Å². The van der Waals surface area contributed by atoms with Crippen molar-refractivity contribution in [3.05, 3.63) is 30.3 Å². The van der Waals surface area contributed by atoms with Gasteiger partial charge < -0.3 is 0 Å². The molecule has 0 spiro atoms. The zero-order valence-corrected chi connectivity index (χ0v) is 4.73. The maximum absolute atomic E-state index is 3.27. The van der Waals surface area contributed by atoms with Crippen molar-refractivity contribution >= 4 is 15.4 Å². The average molecular weight is 103 g/mol. The molecular weight excluding hydrogens is 100 g/mol. The van der Waals surface area contributed by atoms with Gasteiger partial charge in [0.2, 0.25) is 0 Å². The SMILES string of the molecule is [Si]c1c#cccc1. The van der Waals surface area contributed by atoms with Gasteiger partial charge in [-0.3, -0.25) is 0 Å². The van der Waals surface area contributed by atoms with Crippen molar-refractivity contribution in [2.45, 2.75) is 0 Å². The Hall–Kier alpha value is -0.743. The Labute approximate surface area is 46.6 Å². The molecule has 0 aliphatic carbocycles. The van der Waals surface area contributed by atoms with Crippen molar-refractivity contribution < 1.29 is 0 Å². The second kappa shape index (κ2) is 1.81. The van der Waals surface area contributed by atoms with Crippen LogP contribution in [0.25, 0.3) is 0 Å². The van der Waals surface area contributed by atoms with Crippen molar-refractivity contribution in [3.63, 3.8) is 0 Å². The fraction of sp³-hybridized carbons (Fsp3) is 0. The second-order valence-electron chi connectivity index (χ2n) is 1.21. The van der Waals surface area contributed by atoms with Crippen molar-refractivity contribution in [3.8, 4) is 0 Å². The molecule has 0 saturated heterocycles. The summed E-state index contributed by atoms with van der Waals surface area (Å²) in [5, 5.41) is 0.947. The van der Waals surface area contributed by atoms with Gasteiger partial charge in [0.25, 0.3) is 0 Å². The van der Waals surface area contributed by atoms with Gasteiger partial charge in [-0.05, 0) is 11.3 Å². The van der Waals surface area contributed by atoms with Gasteiger partial charge in [0, 0.05) is 0 Å². The Bertz CT molecular complexity index is 134. The van der Waals surface area contributed by atoms with Gasteiger partial charge in [-0.1, -0.05) is 24.3 Å². The van der Waals surface area contributed by atoms with Gasteiger partial charge in [0.05, 0.1) is 10.2 Å². The Morgan fingerprint density at radius 1 is 1.57 bits per heavy atom. The summed E-state index contributed by atoms with van der Waals surface area (Å²) in [6, 6.07) is 11.2. The number of rotatable bonds is 0. The molecule has 0 saturated carbocycles. The van der Waals surface area contributed by atoms with Crippen LogP contribution in [0.5, 0.6) is 0 Å². The lowest BCUT2D eigenvalue weighted by molar-refractivity contribution is 1.82. The summed E-state index contributed by atoms with van der Waals surface area (Å²) in [5.41, 5.74) is 0. The molecule has 0 heterocycles. The van der Waals surface area contributed by atoms with Crippen LogP contribution in [0, 0.1) is 12.1 Å². The molecule has 0 amide bonds. The van der Waals surface area contributed by atoms with Gasteiger partial charge in [-0.2, -0.15) is 0 Å². The highest BCUT2D eigenvalue weighted by molar-refractivity contribution is 6.31. The molecule has 0 aliphatic heterocycles. The Morgan fingerprint density at radius 3 is 2.71 bits per heavy atom. The summed E-state index contributed by atoms with van der Waals surface area (Å²) in [5.74, 6) is 0. The molecule has 3 radical (unpaired) electrons. The Morgan fingerprint density at radius 2 is 2.43 bits per heavy atom.